The lowest BCUT2D eigenvalue weighted by Crippen LogP contribution is -2.37. The van der Waals surface area contributed by atoms with Gasteiger partial charge in [-0.2, -0.15) is 0 Å². The summed E-state index contributed by atoms with van der Waals surface area (Å²) >= 11 is 0. The molecule has 5 nitrogen and oxygen atoms in total. The quantitative estimate of drug-likeness (QED) is 0.882. The molecule has 1 aliphatic rings. The Balaban J connectivity index is 1.86. The molecule has 1 aromatic carbocycles. The molecule has 1 heterocycles. The van der Waals surface area contributed by atoms with Gasteiger partial charge in [0.2, 0.25) is 0 Å². The highest BCUT2D eigenvalue weighted by Crippen LogP contribution is 2.24. The molecule has 1 aliphatic heterocycles. The second kappa shape index (κ2) is 6.43. The van der Waals surface area contributed by atoms with Crippen molar-refractivity contribution in [3.05, 3.63) is 24.3 Å². The molecule has 19 heavy (non-hydrogen) atoms. The third-order valence-electron chi connectivity index (χ3n) is 3.29. The molecule has 0 bridgehead atoms. The van der Waals surface area contributed by atoms with Crippen molar-refractivity contribution >= 4 is 5.91 Å². The largest absolute Gasteiger partial charge is 0.504 e. The fourth-order valence-electron chi connectivity index (χ4n) is 2.11. The first-order valence-corrected chi connectivity index (χ1v) is 6.54. The summed E-state index contributed by atoms with van der Waals surface area (Å²) in [6.45, 7) is 3.39. The van der Waals surface area contributed by atoms with Crippen molar-refractivity contribution in [3.8, 4) is 11.5 Å². The Morgan fingerprint density at radius 2 is 2.05 bits per heavy atom. The van der Waals surface area contributed by atoms with Crippen molar-refractivity contribution in [3.63, 3.8) is 0 Å². The van der Waals surface area contributed by atoms with Gasteiger partial charge in [0.05, 0.1) is 0 Å². The highest BCUT2D eigenvalue weighted by Gasteiger charge is 2.18. The summed E-state index contributed by atoms with van der Waals surface area (Å²) in [5, 5.41) is 9.56. The molecular weight excluding hydrogens is 244 g/mol. The normalized spacial score (nSPS) is 17.0. The fourth-order valence-corrected chi connectivity index (χ4v) is 2.11. The molecule has 1 amide bonds. The van der Waals surface area contributed by atoms with E-state index in [4.69, 9.17) is 4.74 Å². The zero-order chi connectivity index (χ0) is 13.7. The predicted molar refractivity (Wildman–Crippen MR) is 72.3 cm³/mol. The van der Waals surface area contributed by atoms with Crippen molar-refractivity contribution < 1.29 is 14.6 Å². The number of aromatic hydroxyl groups is 1. The van der Waals surface area contributed by atoms with Crippen LogP contribution < -0.4 is 4.74 Å². The first-order valence-electron chi connectivity index (χ1n) is 6.54. The van der Waals surface area contributed by atoms with Crippen molar-refractivity contribution in [1.29, 1.82) is 0 Å². The molecule has 0 unspecified atom stereocenters. The van der Waals surface area contributed by atoms with E-state index in [2.05, 4.69) is 11.9 Å². The number of phenols is 1. The van der Waals surface area contributed by atoms with Crippen molar-refractivity contribution in [2.24, 2.45) is 0 Å². The summed E-state index contributed by atoms with van der Waals surface area (Å²) in [6.07, 6.45) is 0.985. The van der Waals surface area contributed by atoms with Gasteiger partial charge in [0.1, 0.15) is 0 Å². The van der Waals surface area contributed by atoms with Crippen molar-refractivity contribution in [2.75, 3.05) is 39.8 Å². The maximum Gasteiger partial charge on any atom is 0.260 e. The molecule has 104 valence electrons. The summed E-state index contributed by atoms with van der Waals surface area (Å²) in [6, 6.07) is 6.68. The van der Waals surface area contributed by atoms with Crippen molar-refractivity contribution in [1.82, 2.24) is 9.80 Å². The second-order valence-electron chi connectivity index (χ2n) is 4.79. The van der Waals surface area contributed by atoms with E-state index in [1.165, 1.54) is 0 Å². The number of amides is 1. The van der Waals surface area contributed by atoms with Crippen LogP contribution in [0.15, 0.2) is 24.3 Å². The minimum atomic E-state index is -0.0291. The molecule has 0 aliphatic carbocycles. The first kappa shape index (κ1) is 13.7. The SMILES string of the molecule is CN1CCCN(C(=O)COc2ccccc2O)CC1. The third-order valence-corrected chi connectivity index (χ3v) is 3.29. The number of para-hydroxylation sites is 2. The van der Waals surface area contributed by atoms with E-state index in [-0.39, 0.29) is 18.3 Å². The Bertz CT molecular complexity index is 436. The predicted octanol–water partition coefficient (Wildman–Crippen LogP) is 0.935. The van der Waals surface area contributed by atoms with Gasteiger partial charge in [0.15, 0.2) is 18.1 Å². The average molecular weight is 264 g/mol. The van der Waals surface area contributed by atoms with Crippen LogP contribution in [0.4, 0.5) is 0 Å². The molecule has 1 N–H and O–H groups in total. The smallest absolute Gasteiger partial charge is 0.260 e. The van der Waals surface area contributed by atoms with Gasteiger partial charge in [0.25, 0.3) is 5.91 Å². The number of nitrogens with zero attached hydrogens (tertiary/aromatic N) is 2. The topological polar surface area (TPSA) is 53.0 Å². The lowest BCUT2D eigenvalue weighted by molar-refractivity contribution is -0.133. The number of carbonyl (C=O) groups excluding carboxylic acids is 1. The number of carbonyl (C=O) groups is 1. The molecule has 0 saturated carbocycles. The molecule has 5 heteroatoms. The Morgan fingerprint density at radius 1 is 1.26 bits per heavy atom. The number of rotatable bonds is 3. The van der Waals surface area contributed by atoms with E-state index >= 15 is 0 Å². The minimum absolute atomic E-state index is 0.0265. The summed E-state index contributed by atoms with van der Waals surface area (Å²) in [4.78, 5) is 16.1. The van der Waals surface area contributed by atoms with Gasteiger partial charge in [-0.3, -0.25) is 4.79 Å². The summed E-state index contributed by atoms with van der Waals surface area (Å²) in [7, 11) is 2.06. The van der Waals surface area contributed by atoms with Gasteiger partial charge >= 0.3 is 0 Å². The van der Waals surface area contributed by atoms with Crippen molar-refractivity contribution in [2.45, 2.75) is 6.42 Å². The maximum atomic E-state index is 12.0. The zero-order valence-corrected chi connectivity index (χ0v) is 11.2. The number of ether oxygens (including phenoxy) is 1. The van der Waals surface area contributed by atoms with Crippen LogP contribution in [0.25, 0.3) is 0 Å². The van der Waals surface area contributed by atoms with Crippen LogP contribution in [-0.2, 0) is 4.79 Å². The molecule has 1 aromatic rings. The minimum Gasteiger partial charge on any atom is -0.504 e. The van der Waals surface area contributed by atoms with E-state index in [0.717, 1.165) is 32.6 Å². The van der Waals surface area contributed by atoms with Gasteiger partial charge < -0.3 is 19.6 Å². The van der Waals surface area contributed by atoms with Gasteiger partial charge in [0, 0.05) is 19.6 Å². The monoisotopic (exact) mass is 264 g/mol. The van der Waals surface area contributed by atoms with E-state index < -0.39 is 0 Å². The van der Waals surface area contributed by atoms with E-state index in [1.807, 2.05) is 4.90 Å². The number of benzene rings is 1. The van der Waals surface area contributed by atoms with Crippen LogP contribution in [0.3, 0.4) is 0 Å². The van der Waals surface area contributed by atoms with Crippen LogP contribution >= 0.6 is 0 Å². The lowest BCUT2D eigenvalue weighted by atomic mass is 10.3. The molecule has 0 atom stereocenters. The Labute approximate surface area is 113 Å². The summed E-state index contributed by atoms with van der Waals surface area (Å²) in [5.41, 5.74) is 0. The molecule has 0 spiro atoms. The van der Waals surface area contributed by atoms with Crippen LogP contribution in [-0.4, -0.2) is 60.6 Å². The van der Waals surface area contributed by atoms with Gasteiger partial charge in [-0.05, 0) is 32.1 Å². The lowest BCUT2D eigenvalue weighted by Gasteiger charge is -2.20. The van der Waals surface area contributed by atoms with Crippen LogP contribution in [0.5, 0.6) is 11.5 Å². The van der Waals surface area contributed by atoms with Crippen LogP contribution in [0, 0.1) is 0 Å². The first-order chi connectivity index (χ1) is 9.16. The molecule has 0 radical (unpaired) electrons. The maximum absolute atomic E-state index is 12.0. The molecule has 0 aromatic heterocycles. The molecule has 1 fully saturated rings. The summed E-state index contributed by atoms with van der Waals surface area (Å²) < 4.78 is 5.36. The zero-order valence-electron chi connectivity index (χ0n) is 11.2. The number of phenolic OH excluding ortho intramolecular Hbond substituents is 1. The van der Waals surface area contributed by atoms with Crippen LogP contribution in [0.1, 0.15) is 6.42 Å². The highest BCUT2D eigenvalue weighted by molar-refractivity contribution is 5.77. The summed E-state index contributed by atoms with van der Waals surface area (Å²) in [5.74, 6) is 0.382. The van der Waals surface area contributed by atoms with Gasteiger partial charge in [-0.15, -0.1) is 0 Å². The highest BCUT2D eigenvalue weighted by atomic mass is 16.5. The Hall–Kier alpha value is -1.75. The average Bonchev–Trinajstić information content (AvgIpc) is 2.62. The standard InChI is InChI=1S/C14H20N2O3/c1-15-7-4-8-16(10-9-15)14(18)11-19-13-6-3-2-5-12(13)17/h2-3,5-6,17H,4,7-11H2,1H3. The van der Waals surface area contributed by atoms with Crippen LogP contribution in [0.2, 0.25) is 0 Å². The van der Waals surface area contributed by atoms with Gasteiger partial charge in [-0.25, -0.2) is 0 Å². The Morgan fingerprint density at radius 3 is 2.84 bits per heavy atom. The van der Waals surface area contributed by atoms with Gasteiger partial charge in [-0.1, -0.05) is 12.1 Å². The number of likely N-dealkylation sites (N-methyl/N-ethyl adjacent to an activating group) is 1. The van der Waals surface area contributed by atoms with E-state index in [9.17, 15) is 9.90 Å². The third kappa shape index (κ3) is 3.86. The molecular formula is C14H20N2O3. The van der Waals surface area contributed by atoms with E-state index in [1.54, 1.807) is 24.3 Å². The molecule has 1 saturated heterocycles. The number of hydrogen-bond donors (Lipinski definition) is 1. The Kier molecular flexibility index (Phi) is 4.63. The molecule has 2 rings (SSSR count). The second-order valence-corrected chi connectivity index (χ2v) is 4.79. The van der Waals surface area contributed by atoms with E-state index in [0.29, 0.717) is 5.75 Å². The number of hydrogen-bond acceptors (Lipinski definition) is 4. The fraction of sp³-hybridized carbons (Fsp3) is 0.500.